The van der Waals surface area contributed by atoms with E-state index < -0.39 is 0 Å². The summed E-state index contributed by atoms with van der Waals surface area (Å²) >= 11 is 0. The van der Waals surface area contributed by atoms with Crippen LogP contribution in [0.1, 0.15) is 45.1 Å². The number of nitrogens with one attached hydrogen (secondary N) is 1. The van der Waals surface area contributed by atoms with E-state index >= 15 is 0 Å². The number of nitrogens with zero attached hydrogens (tertiary/aromatic N) is 1. The molecule has 0 bridgehead atoms. The van der Waals surface area contributed by atoms with Crippen LogP contribution in [0.4, 0.5) is 0 Å². The van der Waals surface area contributed by atoms with Crippen molar-refractivity contribution in [3.63, 3.8) is 0 Å². The van der Waals surface area contributed by atoms with Gasteiger partial charge >= 0.3 is 0 Å². The molecule has 0 heterocycles. The van der Waals surface area contributed by atoms with E-state index in [0.29, 0.717) is 6.04 Å². The van der Waals surface area contributed by atoms with Crippen molar-refractivity contribution in [3.05, 3.63) is 35.9 Å². The molecule has 19 heavy (non-hydrogen) atoms. The molecule has 0 aromatic heterocycles. The van der Waals surface area contributed by atoms with E-state index in [9.17, 15) is 0 Å². The number of benzene rings is 1. The summed E-state index contributed by atoms with van der Waals surface area (Å²) in [6.45, 7) is 7.78. The molecule has 0 saturated heterocycles. The van der Waals surface area contributed by atoms with Crippen LogP contribution < -0.4 is 5.32 Å². The third kappa shape index (κ3) is 8.02. The summed E-state index contributed by atoms with van der Waals surface area (Å²) in [4.78, 5) is 2.38. The minimum atomic E-state index is 0.650. The average molecular weight is 262 g/mol. The normalized spacial score (nSPS) is 12.8. The van der Waals surface area contributed by atoms with E-state index in [-0.39, 0.29) is 0 Å². The van der Waals surface area contributed by atoms with E-state index in [2.05, 4.69) is 61.4 Å². The van der Waals surface area contributed by atoms with Crippen LogP contribution >= 0.6 is 0 Å². The molecule has 2 nitrogen and oxygen atoms in total. The first-order valence-corrected chi connectivity index (χ1v) is 7.68. The van der Waals surface area contributed by atoms with Crippen molar-refractivity contribution in [3.8, 4) is 0 Å². The molecular formula is C17H30N2. The zero-order valence-corrected chi connectivity index (χ0v) is 12.9. The SMILES string of the molecule is CCCCCC(C)NCCN(C)Cc1ccccc1. The van der Waals surface area contributed by atoms with Crippen molar-refractivity contribution in [2.24, 2.45) is 0 Å². The summed E-state index contributed by atoms with van der Waals surface area (Å²) in [5.41, 5.74) is 1.39. The minimum Gasteiger partial charge on any atom is -0.313 e. The Labute approximate surface area is 119 Å². The molecule has 0 aliphatic rings. The van der Waals surface area contributed by atoms with Crippen LogP contribution in [0, 0.1) is 0 Å². The van der Waals surface area contributed by atoms with Gasteiger partial charge in [0, 0.05) is 25.7 Å². The highest BCUT2D eigenvalue weighted by Gasteiger charge is 2.03. The van der Waals surface area contributed by atoms with Crippen LogP contribution in [-0.2, 0) is 6.54 Å². The van der Waals surface area contributed by atoms with E-state index in [4.69, 9.17) is 0 Å². The Bertz CT molecular complexity index is 310. The quantitative estimate of drug-likeness (QED) is 0.647. The van der Waals surface area contributed by atoms with Gasteiger partial charge in [-0.1, -0.05) is 56.5 Å². The largest absolute Gasteiger partial charge is 0.313 e. The van der Waals surface area contributed by atoms with Crippen molar-refractivity contribution in [1.29, 1.82) is 0 Å². The molecule has 2 heteroatoms. The van der Waals surface area contributed by atoms with Crippen molar-refractivity contribution < 1.29 is 0 Å². The third-order valence-corrected chi connectivity index (χ3v) is 3.52. The molecule has 0 saturated carbocycles. The van der Waals surface area contributed by atoms with Gasteiger partial charge in [-0.25, -0.2) is 0 Å². The van der Waals surface area contributed by atoms with E-state index in [1.165, 1.54) is 31.2 Å². The highest BCUT2D eigenvalue weighted by molar-refractivity contribution is 5.14. The second kappa shape index (κ2) is 9.99. The Balaban J connectivity index is 2.08. The Hall–Kier alpha value is -0.860. The first kappa shape index (κ1) is 16.2. The van der Waals surface area contributed by atoms with Gasteiger partial charge in [0.25, 0.3) is 0 Å². The van der Waals surface area contributed by atoms with Crippen LogP contribution in [0.5, 0.6) is 0 Å². The predicted molar refractivity (Wildman–Crippen MR) is 84.4 cm³/mol. The van der Waals surface area contributed by atoms with Crippen molar-refractivity contribution in [1.82, 2.24) is 10.2 Å². The Morgan fingerprint density at radius 2 is 1.89 bits per heavy atom. The molecule has 1 atom stereocenters. The smallest absolute Gasteiger partial charge is 0.0231 e. The topological polar surface area (TPSA) is 15.3 Å². The number of rotatable bonds is 10. The van der Waals surface area contributed by atoms with Gasteiger partial charge in [0.15, 0.2) is 0 Å². The summed E-state index contributed by atoms with van der Waals surface area (Å²) in [6.07, 6.45) is 5.33. The van der Waals surface area contributed by atoms with Crippen molar-refractivity contribution in [2.75, 3.05) is 20.1 Å². The Morgan fingerprint density at radius 3 is 2.58 bits per heavy atom. The van der Waals surface area contributed by atoms with Gasteiger partial charge in [-0.3, -0.25) is 0 Å². The summed E-state index contributed by atoms with van der Waals surface area (Å²) in [6, 6.07) is 11.3. The van der Waals surface area contributed by atoms with Crippen LogP contribution in [-0.4, -0.2) is 31.1 Å². The molecule has 1 unspecified atom stereocenters. The van der Waals surface area contributed by atoms with Gasteiger partial charge < -0.3 is 10.2 Å². The van der Waals surface area contributed by atoms with Gasteiger partial charge in [0.2, 0.25) is 0 Å². The number of hydrogen-bond donors (Lipinski definition) is 1. The summed E-state index contributed by atoms with van der Waals surface area (Å²) in [5.74, 6) is 0. The lowest BCUT2D eigenvalue weighted by Gasteiger charge is -2.19. The van der Waals surface area contributed by atoms with Gasteiger partial charge in [0.05, 0.1) is 0 Å². The second-order valence-electron chi connectivity index (χ2n) is 5.57. The molecule has 0 fully saturated rings. The molecule has 0 aliphatic heterocycles. The molecule has 1 N–H and O–H groups in total. The molecule has 1 rings (SSSR count). The fraction of sp³-hybridized carbons (Fsp3) is 0.647. The van der Waals surface area contributed by atoms with Gasteiger partial charge in [-0.05, 0) is 26.0 Å². The van der Waals surface area contributed by atoms with Gasteiger partial charge in [-0.2, -0.15) is 0 Å². The molecule has 0 amide bonds. The van der Waals surface area contributed by atoms with E-state index in [1.54, 1.807) is 0 Å². The van der Waals surface area contributed by atoms with Gasteiger partial charge in [0.1, 0.15) is 0 Å². The maximum absolute atomic E-state index is 3.62. The molecule has 0 spiro atoms. The molecular weight excluding hydrogens is 232 g/mol. The average Bonchev–Trinajstić information content (AvgIpc) is 2.40. The lowest BCUT2D eigenvalue weighted by atomic mass is 10.1. The molecule has 108 valence electrons. The lowest BCUT2D eigenvalue weighted by molar-refractivity contribution is 0.315. The first-order chi connectivity index (χ1) is 9.22. The van der Waals surface area contributed by atoms with Crippen LogP contribution in [0.25, 0.3) is 0 Å². The molecule has 0 radical (unpaired) electrons. The molecule has 1 aromatic carbocycles. The van der Waals surface area contributed by atoms with Crippen molar-refractivity contribution >= 4 is 0 Å². The highest BCUT2D eigenvalue weighted by Crippen LogP contribution is 2.03. The van der Waals surface area contributed by atoms with Crippen LogP contribution in [0.2, 0.25) is 0 Å². The molecule has 1 aromatic rings. The maximum Gasteiger partial charge on any atom is 0.0231 e. The number of unbranched alkanes of at least 4 members (excludes halogenated alkanes) is 2. The summed E-state index contributed by atoms with van der Waals surface area (Å²) in [7, 11) is 2.19. The fourth-order valence-corrected chi connectivity index (χ4v) is 2.28. The third-order valence-electron chi connectivity index (χ3n) is 3.52. The lowest BCUT2D eigenvalue weighted by Crippen LogP contribution is -2.34. The number of likely N-dealkylation sites (N-methyl/N-ethyl adjacent to an activating group) is 1. The van der Waals surface area contributed by atoms with E-state index in [1.807, 2.05) is 0 Å². The molecule has 0 aliphatic carbocycles. The maximum atomic E-state index is 3.62. The van der Waals surface area contributed by atoms with Crippen LogP contribution in [0.15, 0.2) is 30.3 Å². The first-order valence-electron chi connectivity index (χ1n) is 7.68. The summed E-state index contributed by atoms with van der Waals surface area (Å²) < 4.78 is 0. The fourth-order valence-electron chi connectivity index (χ4n) is 2.28. The number of hydrogen-bond acceptors (Lipinski definition) is 2. The minimum absolute atomic E-state index is 0.650. The zero-order chi connectivity index (χ0) is 13.9. The van der Waals surface area contributed by atoms with Gasteiger partial charge in [-0.15, -0.1) is 0 Å². The Morgan fingerprint density at radius 1 is 1.16 bits per heavy atom. The highest BCUT2D eigenvalue weighted by atomic mass is 15.1. The standard InChI is InChI=1S/C17H30N2/c1-4-5-7-10-16(2)18-13-14-19(3)15-17-11-8-6-9-12-17/h6,8-9,11-12,16,18H,4-5,7,10,13-15H2,1-3H3. The zero-order valence-electron chi connectivity index (χ0n) is 12.9. The predicted octanol–water partition coefficient (Wildman–Crippen LogP) is 3.68. The van der Waals surface area contributed by atoms with Crippen LogP contribution in [0.3, 0.4) is 0 Å². The monoisotopic (exact) mass is 262 g/mol. The second-order valence-corrected chi connectivity index (χ2v) is 5.57. The Kier molecular flexibility index (Phi) is 8.52. The summed E-state index contributed by atoms with van der Waals surface area (Å²) in [5, 5.41) is 3.62. The van der Waals surface area contributed by atoms with Crippen molar-refractivity contribution in [2.45, 2.75) is 52.1 Å². The van der Waals surface area contributed by atoms with E-state index in [0.717, 1.165) is 19.6 Å².